The van der Waals surface area contributed by atoms with Crippen molar-refractivity contribution in [1.82, 2.24) is 0 Å². The van der Waals surface area contributed by atoms with Gasteiger partial charge in [0.2, 0.25) is 0 Å². The smallest absolute Gasteiger partial charge is 0.178 e. The molecule has 1 saturated carbocycles. The molecule has 3 nitrogen and oxygen atoms in total. The van der Waals surface area contributed by atoms with E-state index in [0.29, 0.717) is 0 Å². The largest absolute Gasteiger partial charge is 0.489 e. The van der Waals surface area contributed by atoms with Gasteiger partial charge in [-0.05, 0) is 31.7 Å². The minimum absolute atomic E-state index is 0.0368. The molecule has 0 heterocycles. The van der Waals surface area contributed by atoms with Crippen molar-refractivity contribution in [3.05, 3.63) is 23.0 Å². The van der Waals surface area contributed by atoms with Gasteiger partial charge in [0.15, 0.2) is 9.84 Å². The van der Waals surface area contributed by atoms with Crippen molar-refractivity contribution in [2.45, 2.75) is 43.1 Å². The van der Waals surface area contributed by atoms with Crippen LogP contribution in [0.15, 0.2) is 17.0 Å². The van der Waals surface area contributed by atoms with Gasteiger partial charge in [0.25, 0.3) is 0 Å². The zero-order valence-corrected chi connectivity index (χ0v) is 12.2. The average Bonchev–Trinajstić information content (AvgIpc) is 2.33. The first kappa shape index (κ1) is 14.6. The molecule has 1 aliphatic carbocycles. The van der Waals surface area contributed by atoms with Crippen molar-refractivity contribution in [3.8, 4) is 5.75 Å². The van der Waals surface area contributed by atoms with E-state index in [9.17, 15) is 12.8 Å². The van der Waals surface area contributed by atoms with Gasteiger partial charge in [-0.25, -0.2) is 12.8 Å². The summed E-state index contributed by atoms with van der Waals surface area (Å²) in [6.45, 7) is 0. The van der Waals surface area contributed by atoms with E-state index in [1.807, 2.05) is 0 Å². The molecule has 0 aliphatic heterocycles. The molecule has 0 atom stereocenters. The fraction of sp³-hybridized carbons (Fsp3) is 0.538. The Balaban J connectivity index is 2.25. The third-order valence-corrected chi connectivity index (χ3v) is 4.64. The maximum atomic E-state index is 13.8. The number of rotatable bonds is 3. The summed E-state index contributed by atoms with van der Waals surface area (Å²) in [4.78, 5) is -0.395. The monoisotopic (exact) mass is 306 g/mol. The number of hydrogen-bond donors (Lipinski definition) is 0. The molecule has 0 saturated heterocycles. The van der Waals surface area contributed by atoms with Crippen LogP contribution < -0.4 is 4.74 Å². The fourth-order valence-corrected chi connectivity index (χ4v) is 3.27. The Labute approximate surface area is 117 Å². The maximum Gasteiger partial charge on any atom is 0.178 e. The summed E-state index contributed by atoms with van der Waals surface area (Å²) in [7, 11) is -3.62. The maximum absolute atomic E-state index is 13.8. The quantitative estimate of drug-likeness (QED) is 0.857. The number of halogens is 2. The van der Waals surface area contributed by atoms with Gasteiger partial charge in [-0.2, -0.15) is 0 Å². The first-order chi connectivity index (χ1) is 8.88. The molecule has 1 fully saturated rings. The van der Waals surface area contributed by atoms with Gasteiger partial charge < -0.3 is 4.74 Å². The lowest BCUT2D eigenvalue weighted by atomic mass is 9.98. The van der Waals surface area contributed by atoms with Gasteiger partial charge in [0.1, 0.15) is 16.5 Å². The lowest BCUT2D eigenvalue weighted by Gasteiger charge is -2.23. The van der Waals surface area contributed by atoms with Crippen LogP contribution in [-0.4, -0.2) is 20.8 Å². The van der Waals surface area contributed by atoms with Crippen LogP contribution in [0.25, 0.3) is 0 Å². The van der Waals surface area contributed by atoms with Crippen LogP contribution in [0.3, 0.4) is 0 Å². The fourth-order valence-electron chi connectivity index (χ4n) is 2.25. The molecule has 0 unspecified atom stereocenters. The zero-order chi connectivity index (χ0) is 14.0. The first-order valence-electron chi connectivity index (χ1n) is 6.23. The van der Waals surface area contributed by atoms with Crippen molar-refractivity contribution in [2.75, 3.05) is 6.26 Å². The second kappa shape index (κ2) is 5.67. The van der Waals surface area contributed by atoms with Crippen molar-refractivity contribution in [1.29, 1.82) is 0 Å². The molecule has 1 aromatic rings. The third-order valence-electron chi connectivity index (χ3n) is 3.23. The highest BCUT2D eigenvalue weighted by Crippen LogP contribution is 2.32. The van der Waals surface area contributed by atoms with E-state index in [-0.39, 0.29) is 16.9 Å². The predicted molar refractivity (Wildman–Crippen MR) is 72.0 cm³/mol. The molecule has 6 heteroatoms. The zero-order valence-electron chi connectivity index (χ0n) is 10.7. The second-order valence-corrected chi connectivity index (χ2v) is 7.25. The minimum Gasteiger partial charge on any atom is -0.489 e. The number of benzene rings is 1. The van der Waals surface area contributed by atoms with Crippen molar-refractivity contribution >= 4 is 21.4 Å². The molecule has 0 radical (unpaired) electrons. The Bertz CT molecular complexity index is 565. The lowest BCUT2D eigenvalue weighted by Crippen LogP contribution is -2.20. The number of sulfone groups is 1. The highest BCUT2D eigenvalue weighted by atomic mass is 35.5. The summed E-state index contributed by atoms with van der Waals surface area (Å²) in [5.74, 6) is -0.601. The molecule has 0 N–H and O–H groups in total. The molecule has 19 heavy (non-hydrogen) atoms. The summed E-state index contributed by atoms with van der Waals surface area (Å²) in [6.07, 6.45) is 6.20. The van der Waals surface area contributed by atoms with Crippen LogP contribution in [0.1, 0.15) is 32.1 Å². The van der Waals surface area contributed by atoms with E-state index in [1.165, 1.54) is 6.42 Å². The molecule has 106 valence electrons. The topological polar surface area (TPSA) is 43.4 Å². The van der Waals surface area contributed by atoms with Crippen LogP contribution in [0.4, 0.5) is 4.39 Å². The van der Waals surface area contributed by atoms with Gasteiger partial charge in [-0.1, -0.05) is 18.0 Å². The Morgan fingerprint density at radius 3 is 2.47 bits per heavy atom. The van der Waals surface area contributed by atoms with E-state index in [1.54, 1.807) is 0 Å². The van der Waals surface area contributed by atoms with Crippen LogP contribution >= 0.6 is 11.6 Å². The van der Waals surface area contributed by atoms with Crippen molar-refractivity contribution in [2.24, 2.45) is 0 Å². The van der Waals surface area contributed by atoms with Gasteiger partial charge in [-0.15, -0.1) is 0 Å². The Hall–Kier alpha value is -0.810. The Morgan fingerprint density at radius 1 is 1.26 bits per heavy atom. The first-order valence-corrected chi connectivity index (χ1v) is 8.50. The summed E-state index contributed by atoms with van der Waals surface area (Å²) < 4.78 is 42.2. The number of hydrogen-bond acceptors (Lipinski definition) is 3. The van der Waals surface area contributed by atoms with Gasteiger partial charge in [0.05, 0.1) is 11.1 Å². The van der Waals surface area contributed by atoms with Gasteiger partial charge in [0, 0.05) is 12.3 Å². The summed E-state index contributed by atoms with van der Waals surface area (Å²) >= 11 is 5.97. The molecule has 2 rings (SSSR count). The van der Waals surface area contributed by atoms with E-state index in [4.69, 9.17) is 16.3 Å². The van der Waals surface area contributed by atoms with E-state index < -0.39 is 20.5 Å². The van der Waals surface area contributed by atoms with Gasteiger partial charge >= 0.3 is 0 Å². The van der Waals surface area contributed by atoms with Crippen molar-refractivity contribution in [3.63, 3.8) is 0 Å². The molecule has 0 aromatic heterocycles. The van der Waals surface area contributed by atoms with Crippen LogP contribution in [0.2, 0.25) is 5.02 Å². The summed E-state index contributed by atoms with van der Waals surface area (Å²) in [6, 6.07) is 2.18. The van der Waals surface area contributed by atoms with Crippen molar-refractivity contribution < 1.29 is 17.5 Å². The molecule has 0 amide bonds. The molecular weight excluding hydrogens is 291 g/mol. The SMILES string of the molecule is CS(=O)(=O)c1cc(Cl)c(OC2CCCCC2)cc1F. The van der Waals surface area contributed by atoms with E-state index in [2.05, 4.69) is 0 Å². The van der Waals surface area contributed by atoms with E-state index >= 15 is 0 Å². The van der Waals surface area contributed by atoms with Crippen LogP contribution in [0, 0.1) is 5.82 Å². The normalized spacial score (nSPS) is 17.4. The highest BCUT2D eigenvalue weighted by Gasteiger charge is 2.20. The highest BCUT2D eigenvalue weighted by molar-refractivity contribution is 7.90. The number of ether oxygens (including phenoxy) is 1. The third kappa shape index (κ3) is 3.60. The Kier molecular flexibility index (Phi) is 4.36. The predicted octanol–water partition coefficient (Wildman–Crippen LogP) is 3.59. The minimum atomic E-state index is -3.62. The van der Waals surface area contributed by atoms with Crippen LogP contribution in [-0.2, 0) is 9.84 Å². The van der Waals surface area contributed by atoms with E-state index in [0.717, 1.165) is 44.1 Å². The molecule has 0 bridgehead atoms. The average molecular weight is 307 g/mol. The van der Waals surface area contributed by atoms with Gasteiger partial charge in [-0.3, -0.25) is 0 Å². The second-order valence-electron chi connectivity index (χ2n) is 4.86. The summed E-state index contributed by atoms with van der Waals surface area (Å²) in [5, 5.41) is 0.132. The standard InChI is InChI=1S/C13H16ClFO3S/c1-19(16,17)13-7-10(14)12(8-11(13)15)18-9-5-3-2-4-6-9/h7-9H,2-6H2,1H3. The lowest BCUT2D eigenvalue weighted by molar-refractivity contribution is 0.154. The molecule has 1 aromatic carbocycles. The molecule has 1 aliphatic rings. The Morgan fingerprint density at radius 2 is 1.89 bits per heavy atom. The summed E-state index contributed by atoms with van der Waals surface area (Å²) in [5.41, 5.74) is 0. The van der Waals surface area contributed by atoms with Crippen LogP contribution in [0.5, 0.6) is 5.75 Å². The molecular formula is C13H16ClFO3S. The molecule has 0 spiro atoms.